The van der Waals surface area contributed by atoms with E-state index in [0.29, 0.717) is 45.1 Å². The van der Waals surface area contributed by atoms with Crippen LogP contribution in [0.3, 0.4) is 0 Å². The van der Waals surface area contributed by atoms with Gasteiger partial charge in [-0.05, 0) is 64.9 Å². The monoisotopic (exact) mass is 517 g/mol. The minimum Gasteiger partial charge on any atom is -0.445 e. The Labute approximate surface area is 218 Å². The van der Waals surface area contributed by atoms with Crippen molar-refractivity contribution < 1.29 is 33.1 Å². The molecule has 10 nitrogen and oxygen atoms in total. The van der Waals surface area contributed by atoms with Crippen LogP contribution < -0.4 is 16.4 Å². The number of hydrogen-bond acceptors (Lipinski definition) is 6. The molecule has 0 radical (unpaired) electrons. The molecule has 1 unspecified atom stereocenters. The number of imide groups is 1. The van der Waals surface area contributed by atoms with Gasteiger partial charge in [-0.15, -0.1) is 0 Å². The second kappa shape index (κ2) is 11.9. The summed E-state index contributed by atoms with van der Waals surface area (Å²) in [6.07, 6.45) is 2.58. The Bertz CT molecular complexity index is 971. The van der Waals surface area contributed by atoms with Crippen LogP contribution in [0.1, 0.15) is 71.8 Å². The van der Waals surface area contributed by atoms with Crippen molar-refractivity contribution in [1.82, 2.24) is 10.6 Å². The Kier molecular flexibility index (Phi) is 9.17. The molecule has 1 saturated heterocycles. The van der Waals surface area contributed by atoms with Crippen LogP contribution in [0, 0.1) is 5.92 Å². The van der Waals surface area contributed by atoms with Crippen LogP contribution in [0.15, 0.2) is 30.3 Å². The van der Waals surface area contributed by atoms with Crippen LogP contribution in [-0.2, 0) is 20.9 Å². The zero-order valence-electron chi connectivity index (χ0n) is 22.3. The topological polar surface area (TPSA) is 137 Å². The van der Waals surface area contributed by atoms with Crippen LogP contribution in [0.5, 0.6) is 0 Å². The third kappa shape index (κ3) is 7.21. The number of benzene rings is 1. The number of quaternary nitrogens is 1. The fourth-order valence-electron chi connectivity index (χ4n) is 5.43. The van der Waals surface area contributed by atoms with Gasteiger partial charge in [0.05, 0.1) is 6.54 Å². The number of carbonyl (C=O) groups is 4. The normalized spacial score (nSPS) is 26.5. The number of nitrogens with two attached hydrogens (primary N) is 1. The van der Waals surface area contributed by atoms with Crippen molar-refractivity contribution in [2.75, 3.05) is 6.54 Å². The highest BCUT2D eigenvalue weighted by Gasteiger charge is 2.55. The highest BCUT2D eigenvalue weighted by atomic mass is 16.6. The number of urea groups is 1. The lowest BCUT2D eigenvalue weighted by Crippen LogP contribution is -2.68. The first-order valence-corrected chi connectivity index (χ1v) is 13.1. The second-order valence-corrected chi connectivity index (χ2v) is 11.2. The molecule has 3 rings (SSSR count). The van der Waals surface area contributed by atoms with Gasteiger partial charge in [-0.1, -0.05) is 30.3 Å². The number of hydrogen-bond donors (Lipinski definition) is 3. The molecule has 204 valence electrons. The smallest absolute Gasteiger partial charge is 0.421 e. The molecule has 5 amide bonds. The zero-order valence-corrected chi connectivity index (χ0v) is 22.3. The fourth-order valence-corrected chi connectivity index (χ4v) is 5.43. The maximum absolute atomic E-state index is 13.9. The molecule has 0 spiro atoms. The van der Waals surface area contributed by atoms with E-state index >= 15 is 0 Å². The van der Waals surface area contributed by atoms with E-state index in [0.717, 1.165) is 5.56 Å². The summed E-state index contributed by atoms with van der Waals surface area (Å²) in [5, 5.41) is 5.67. The highest BCUT2D eigenvalue weighted by Crippen LogP contribution is 2.34. The molecule has 2 fully saturated rings. The number of primary amides is 1. The van der Waals surface area contributed by atoms with Gasteiger partial charge in [0.1, 0.15) is 18.2 Å². The van der Waals surface area contributed by atoms with Crippen molar-refractivity contribution in [3.63, 3.8) is 0 Å². The predicted octanol–water partition coefficient (Wildman–Crippen LogP) is 3.97. The van der Waals surface area contributed by atoms with Gasteiger partial charge in [0.15, 0.2) is 6.04 Å². The molecule has 1 aliphatic heterocycles. The van der Waals surface area contributed by atoms with Gasteiger partial charge in [0.2, 0.25) is 0 Å². The average molecular weight is 518 g/mol. The van der Waals surface area contributed by atoms with Gasteiger partial charge < -0.3 is 25.8 Å². The number of likely N-dealkylation sites (tertiary alicyclic amines) is 1. The summed E-state index contributed by atoms with van der Waals surface area (Å²) in [5.74, 6) is -0.609. The first-order chi connectivity index (χ1) is 17.4. The molecule has 10 heteroatoms. The number of carbonyl (C=O) groups excluding carboxylic acids is 4. The van der Waals surface area contributed by atoms with Gasteiger partial charge in [-0.25, -0.2) is 19.2 Å². The van der Waals surface area contributed by atoms with Crippen molar-refractivity contribution in [2.24, 2.45) is 11.7 Å². The van der Waals surface area contributed by atoms with E-state index in [9.17, 15) is 19.2 Å². The van der Waals surface area contributed by atoms with E-state index in [1.807, 2.05) is 37.3 Å². The molecule has 0 bridgehead atoms. The van der Waals surface area contributed by atoms with Crippen LogP contribution in [-0.4, -0.2) is 58.9 Å². The number of rotatable bonds is 6. The fraction of sp³-hybridized carbons (Fsp3) is 0.630. The SMILES string of the molecule is C[C@@H]1CCC[N+]1(C(N)=O)C(=O)[C@@H](NC(=O)OC(C)(C)C)C1CCC(NC(=O)OCc2ccccc2)CC1. The largest absolute Gasteiger partial charge is 0.445 e. The minimum absolute atomic E-state index is 0.109. The molecule has 0 aromatic heterocycles. The lowest BCUT2D eigenvalue weighted by Gasteiger charge is -2.38. The predicted molar refractivity (Wildman–Crippen MR) is 137 cm³/mol. The first kappa shape index (κ1) is 28.4. The highest BCUT2D eigenvalue weighted by molar-refractivity contribution is 5.89. The average Bonchev–Trinajstić information content (AvgIpc) is 3.23. The number of nitrogens with zero attached hydrogens (tertiary/aromatic N) is 1. The third-order valence-corrected chi connectivity index (χ3v) is 7.39. The minimum atomic E-state index is -0.922. The maximum Gasteiger partial charge on any atom is 0.421 e. The standard InChI is InChI=1S/C27H40N4O6/c1-18-9-8-16-31(18,24(28)33)23(32)22(30-26(35)37-27(2,3)4)20-12-14-21(15-13-20)29-25(34)36-17-19-10-6-5-7-11-19/h5-7,10-11,18,20-22H,8-9,12-17H2,1-4H3,(H3-,28,29,30,33,34,35)/p+1/t18-,20?,21?,22+,31?/m1/s1. The summed E-state index contributed by atoms with van der Waals surface area (Å²) in [6, 6.07) is 7.45. The van der Waals surface area contributed by atoms with E-state index in [1.165, 1.54) is 0 Å². The Morgan fingerprint density at radius 2 is 1.68 bits per heavy atom. The quantitative estimate of drug-likeness (QED) is 0.489. The van der Waals surface area contributed by atoms with Crippen molar-refractivity contribution in [1.29, 1.82) is 0 Å². The summed E-state index contributed by atoms with van der Waals surface area (Å²) in [4.78, 5) is 51.5. The van der Waals surface area contributed by atoms with Crippen molar-refractivity contribution >= 4 is 24.1 Å². The van der Waals surface area contributed by atoms with Crippen molar-refractivity contribution in [3.05, 3.63) is 35.9 Å². The summed E-state index contributed by atoms with van der Waals surface area (Å²) >= 11 is 0. The summed E-state index contributed by atoms with van der Waals surface area (Å²) < 4.78 is 10.3. The maximum atomic E-state index is 13.9. The van der Waals surface area contributed by atoms with Gasteiger partial charge >= 0.3 is 24.1 Å². The second-order valence-electron chi connectivity index (χ2n) is 11.2. The number of ether oxygens (including phenoxy) is 2. The van der Waals surface area contributed by atoms with Gasteiger partial charge in [-0.3, -0.25) is 0 Å². The van der Waals surface area contributed by atoms with Crippen LogP contribution in [0.25, 0.3) is 0 Å². The van der Waals surface area contributed by atoms with E-state index in [2.05, 4.69) is 10.6 Å². The first-order valence-electron chi connectivity index (χ1n) is 13.1. The zero-order chi connectivity index (χ0) is 27.2. The van der Waals surface area contributed by atoms with Crippen LogP contribution in [0.4, 0.5) is 14.4 Å². The Morgan fingerprint density at radius 1 is 1.03 bits per heavy atom. The van der Waals surface area contributed by atoms with E-state index in [1.54, 1.807) is 20.8 Å². The molecular weight excluding hydrogens is 476 g/mol. The lowest BCUT2D eigenvalue weighted by atomic mass is 9.80. The van der Waals surface area contributed by atoms with E-state index in [-0.39, 0.29) is 30.5 Å². The molecule has 1 heterocycles. The Hall–Kier alpha value is -3.14. The molecule has 1 aliphatic carbocycles. The van der Waals surface area contributed by atoms with Gasteiger partial charge in [-0.2, -0.15) is 4.48 Å². The van der Waals surface area contributed by atoms with E-state index in [4.69, 9.17) is 15.2 Å². The molecule has 1 aromatic carbocycles. The number of nitrogens with one attached hydrogen (secondary N) is 2. The molecule has 2 aliphatic rings. The van der Waals surface area contributed by atoms with Crippen molar-refractivity contribution in [3.8, 4) is 0 Å². The molecule has 3 atom stereocenters. The molecule has 37 heavy (non-hydrogen) atoms. The lowest BCUT2D eigenvalue weighted by molar-refractivity contribution is -0.784. The summed E-state index contributed by atoms with van der Waals surface area (Å²) in [6.45, 7) is 7.60. The summed E-state index contributed by atoms with van der Waals surface area (Å²) in [7, 11) is 0. The Morgan fingerprint density at radius 3 is 2.22 bits per heavy atom. The Balaban J connectivity index is 1.66. The summed E-state index contributed by atoms with van der Waals surface area (Å²) in [5.41, 5.74) is 5.94. The van der Waals surface area contributed by atoms with Crippen molar-refractivity contribution in [2.45, 2.75) is 96.6 Å². The third-order valence-electron chi connectivity index (χ3n) is 7.39. The number of amides is 5. The van der Waals surface area contributed by atoms with Gasteiger partial charge in [0, 0.05) is 18.9 Å². The van der Waals surface area contributed by atoms with E-state index < -0.39 is 34.3 Å². The molecule has 1 aromatic rings. The van der Waals surface area contributed by atoms with Crippen LogP contribution >= 0.6 is 0 Å². The van der Waals surface area contributed by atoms with Gasteiger partial charge in [0.25, 0.3) is 0 Å². The van der Waals surface area contributed by atoms with Crippen LogP contribution in [0.2, 0.25) is 0 Å². The molecular formula is C27H41N4O6+. The molecule has 1 saturated carbocycles. The molecule has 4 N–H and O–H groups in total. The number of alkyl carbamates (subject to hydrolysis) is 2.